The minimum Gasteiger partial charge on any atom is -0.465 e. The number of hydrogen-bond donors (Lipinski definition) is 1. The molecule has 0 bridgehead atoms. The van der Waals surface area contributed by atoms with Crippen LogP contribution in [-0.4, -0.2) is 63.1 Å². The van der Waals surface area contributed by atoms with Crippen LogP contribution in [0.5, 0.6) is 0 Å². The third-order valence-corrected chi connectivity index (χ3v) is 11.2. The highest BCUT2D eigenvalue weighted by Crippen LogP contribution is 2.66. The van der Waals surface area contributed by atoms with Gasteiger partial charge in [-0.25, -0.2) is 0 Å². The van der Waals surface area contributed by atoms with Gasteiger partial charge in [0.05, 0.1) is 35.8 Å². The maximum atomic E-state index is 15.0. The fraction of sp³-hybridized carbons (Fsp3) is 0.343. The maximum Gasteiger partial charge on any atom is 0.311 e. The second-order valence-electron chi connectivity index (χ2n) is 11.9. The molecule has 220 valence electrons. The zero-order chi connectivity index (χ0) is 29.8. The van der Waals surface area contributed by atoms with Crippen LogP contribution >= 0.6 is 11.8 Å². The molecule has 4 aliphatic rings. The molecule has 2 saturated heterocycles. The Morgan fingerprint density at radius 3 is 2.49 bits per heavy atom. The average molecular weight is 595 g/mol. The second-order valence-corrected chi connectivity index (χ2v) is 13.7. The highest BCUT2D eigenvalue weighted by molar-refractivity contribution is 8.02. The molecular weight excluding hydrogens is 560 g/mol. The summed E-state index contributed by atoms with van der Waals surface area (Å²) in [7, 11) is 0. The first kappa shape index (κ1) is 27.9. The summed E-state index contributed by atoms with van der Waals surface area (Å²) < 4.78 is 3.95. The van der Waals surface area contributed by atoms with E-state index in [9.17, 15) is 19.5 Å². The van der Waals surface area contributed by atoms with Crippen molar-refractivity contribution >= 4 is 46.0 Å². The number of ether oxygens (including phenoxy) is 1. The van der Waals surface area contributed by atoms with Crippen molar-refractivity contribution in [3.05, 3.63) is 103 Å². The molecule has 1 spiro atoms. The summed E-state index contributed by atoms with van der Waals surface area (Å²) in [5.41, 5.74) is 1.47. The number of cyclic esters (lactones) is 1. The largest absolute Gasteiger partial charge is 0.465 e. The molecule has 2 amide bonds. The number of fused-ring (bicyclic) bond motifs is 3. The molecule has 1 N–H and O–H groups in total. The molecule has 2 fully saturated rings. The number of carbonyl (C=O) groups is 3. The molecule has 6 atom stereocenters. The minimum atomic E-state index is -1.04. The highest BCUT2D eigenvalue weighted by atomic mass is 32.2. The number of nitrogens with zero attached hydrogens (tertiary/aromatic N) is 2. The van der Waals surface area contributed by atoms with Gasteiger partial charge in [-0.15, -0.1) is 11.8 Å². The van der Waals surface area contributed by atoms with Crippen LogP contribution in [0.15, 0.2) is 97.1 Å². The predicted molar refractivity (Wildman–Crippen MR) is 167 cm³/mol. The number of likely N-dealkylation sites (tertiary alicyclic amines) is 1. The van der Waals surface area contributed by atoms with Crippen molar-refractivity contribution in [2.24, 2.45) is 11.8 Å². The van der Waals surface area contributed by atoms with Crippen molar-refractivity contribution in [2.45, 2.75) is 41.3 Å². The van der Waals surface area contributed by atoms with Crippen molar-refractivity contribution in [3.63, 3.8) is 0 Å². The van der Waals surface area contributed by atoms with Gasteiger partial charge in [0.15, 0.2) is 0 Å². The quantitative estimate of drug-likeness (QED) is 0.336. The summed E-state index contributed by atoms with van der Waals surface area (Å²) in [6, 6.07) is 21.5. The first-order valence-corrected chi connectivity index (χ1v) is 15.7. The van der Waals surface area contributed by atoms with Gasteiger partial charge in [0.25, 0.3) is 5.91 Å². The van der Waals surface area contributed by atoms with E-state index in [1.54, 1.807) is 9.80 Å². The maximum absolute atomic E-state index is 15.0. The fourth-order valence-corrected chi connectivity index (χ4v) is 9.65. The van der Waals surface area contributed by atoms with E-state index in [4.69, 9.17) is 4.74 Å². The lowest BCUT2D eigenvalue weighted by Crippen LogP contribution is -2.54. The van der Waals surface area contributed by atoms with Gasteiger partial charge in [-0.3, -0.25) is 14.4 Å². The number of aliphatic hydroxyl groups is 1. The zero-order valence-corrected chi connectivity index (χ0v) is 24.8. The molecule has 7 rings (SSSR count). The Kier molecular flexibility index (Phi) is 6.94. The van der Waals surface area contributed by atoms with Gasteiger partial charge in [0, 0.05) is 17.0 Å². The van der Waals surface area contributed by atoms with Crippen LogP contribution in [0.4, 0.5) is 5.69 Å². The third kappa shape index (κ3) is 4.33. The first-order chi connectivity index (χ1) is 20.9. The van der Waals surface area contributed by atoms with E-state index in [-0.39, 0.29) is 25.0 Å². The smallest absolute Gasteiger partial charge is 0.311 e. The number of benzene rings is 3. The monoisotopic (exact) mass is 594 g/mol. The summed E-state index contributed by atoms with van der Waals surface area (Å²) in [6.07, 6.45) is 9.55. The van der Waals surface area contributed by atoms with Gasteiger partial charge in [-0.1, -0.05) is 85.0 Å². The Hall–Kier alpha value is -3.88. The molecule has 0 aliphatic carbocycles. The van der Waals surface area contributed by atoms with E-state index in [0.717, 1.165) is 28.4 Å². The standard InChI is InChI=1S/C35H34N2O5S/c1-34-17-8-3-9-20-42-33(41)29(34)28-31(39)37(27(22-38)24-12-4-2-5-13-24)30-32(40)36(19-10-18-35(28,30)43-34)26-16-15-23-11-6-7-14-25(23)21-26/h2,4-8,10-18,21,27-30,38H,3,9,19-20,22H2,1H3/b17-8-/t27-,28+,29-,30?,34+,35+/m1/s1. The number of anilines is 1. The van der Waals surface area contributed by atoms with Crippen LogP contribution in [0.25, 0.3) is 10.8 Å². The molecule has 43 heavy (non-hydrogen) atoms. The predicted octanol–water partition coefficient (Wildman–Crippen LogP) is 5.06. The van der Waals surface area contributed by atoms with Gasteiger partial charge in [-0.2, -0.15) is 0 Å². The molecule has 0 aromatic heterocycles. The molecule has 8 heteroatoms. The lowest BCUT2D eigenvalue weighted by molar-refractivity contribution is -0.154. The van der Waals surface area contributed by atoms with Crippen molar-refractivity contribution in [1.82, 2.24) is 4.90 Å². The number of aliphatic hydroxyl groups excluding tert-OH is 1. The average Bonchev–Trinajstić information content (AvgIpc) is 3.37. The van der Waals surface area contributed by atoms with E-state index in [1.165, 1.54) is 11.8 Å². The molecule has 1 unspecified atom stereocenters. The third-order valence-electron chi connectivity index (χ3n) is 9.43. The van der Waals surface area contributed by atoms with Crippen LogP contribution < -0.4 is 4.90 Å². The Morgan fingerprint density at radius 2 is 1.70 bits per heavy atom. The lowest BCUT2D eigenvalue weighted by atomic mass is 9.74. The summed E-state index contributed by atoms with van der Waals surface area (Å²) in [5.74, 6) is -2.57. The number of amides is 2. The van der Waals surface area contributed by atoms with Crippen LogP contribution in [0, 0.1) is 11.8 Å². The zero-order valence-electron chi connectivity index (χ0n) is 24.0. The van der Waals surface area contributed by atoms with Crippen molar-refractivity contribution in [1.29, 1.82) is 0 Å². The summed E-state index contributed by atoms with van der Waals surface area (Å²) >= 11 is 1.52. The van der Waals surface area contributed by atoms with Crippen LogP contribution in [0.2, 0.25) is 0 Å². The van der Waals surface area contributed by atoms with Gasteiger partial charge < -0.3 is 19.6 Å². The van der Waals surface area contributed by atoms with E-state index in [2.05, 4.69) is 6.08 Å². The number of rotatable bonds is 4. The summed E-state index contributed by atoms with van der Waals surface area (Å²) in [5, 5.41) is 12.9. The van der Waals surface area contributed by atoms with Crippen LogP contribution in [0.3, 0.4) is 0 Å². The summed E-state index contributed by atoms with van der Waals surface area (Å²) in [4.78, 5) is 46.8. The molecule has 4 heterocycles. The van der Waals surface area contributed by atoms with Crippen molar-refractivity contribution < 1.29 is 24.2 Å². The van der Waals surface area contributed by atoms with E-state index < -0.39 is 39.4 Å². The molecule has 4 aliphatic heterocycles. The van der Waals surface area contributed by atoms with Crippen molar-refractivity contribution in [3.8, 4) is 0 Å². The molecule has 3 aromatic carbocycles. The second kappa shape index (κ2) is 10.7. The minimum absolute atomic E-state index is 0.231. The normalized spacial score (nSPS) is 31.8. The highest BCUT2D eigenvalue weighted by Gasteiger charge is 2.74. The Morgan fingerprint density at radius 1 is 0.930 bits per heavy atom. The van der Waals surface area contributed by atoms with E-state index in [1.807, 2.05) is 97.9 Å². The topological polar surface area (TPSA) is 87.1 Å². The molecule has 7 nitrogen and oxygen atoms in total. The van der Waals surface area contributed by atoms with E-state index in [0.29, 0.717) is 13.0 Å². The van der Waals surface area contributed by atoms with E-state index >= 15 is 0 Å². The number of hydrogen-bond acceptors (Lipinski definition) is 6. The van der Waals surface area contributed by atoms with Crippen LogP contribution in [-0.2, 0) is 19.1 Å². The SMILES string of the molecule is C[C@]12/C=C\CCCOC(=O)[C@H]1[C@H]1C(=O)N([C@H](CO)c3ccccc3)C3C(=O)N(c4ccc5ccccc5c4)CC=C[C@@]31S2. The van der Waals surface area contributed by atoms with Gasteiger partial charge in [-0.05, 0) is 48.2 Å². The Balaban J connectivity index is 1.40. The molecular formula is C35H34N2O5S. The molecule has 0 saturated carbocycles. The Bertz CT molecular complexity index is 1660. The van der Waals surface area contributed by atoms with Gasteiger partial charge in [0.1, 0.15) is 6.04 Å². The first-order valence-electron chi connectivity index (χ1n) is 14.9. The number of carbonyl (C=O) groups excluding carboxylic acids is 3. The number of esters is 1. The van der Waals surface area contributed by atoms with Gasteiger partial charge >= 0.3 is 5.97 Å². The number of thioether (sulfide) groups is 1. The lowest BCUT2D eigenvalue weighted by Gasteiger charge is -2.40. The fourth-order valence-electron chi connectivity index (χ4n) is 7.52. The number of allylic oxidation sites excluding steroid dienone is 1. The molecule has 0 radical (unpaired) electrons. The van der Waals surface area contributed by atoms with Crippen molar-refractivity contribution in [2.75, 3.05) is 24.7 Å². The van der Waals surface area contributed by atoms with Crippen LogP contribution in [0.1, 0.15) is 31.4 Å². The van der Waals surface area contributed by atoms with Gasteiger partial charge in [0.2, 0.25) is 5.91 Å². The summed E-state index contributed by atoms with van der Waals surface area (Å²) in [6.45, 7) is 2.23. The molecule has 3 aromatic rings. The Labute approximate surface area is 255 Å².